The van der Waals surface area contributed by atoms with Crippen LogP contribution in [0.3, 0.4) is 0 Å². The molecular weight excluding hydrogens is 319 g/mol. The van der Waals surface area contributed by atoms with Crippen molar-refractivity contribution in [3.8, 4) is 0 Å². The van der Waals surface area contributed by atoms with Crippen molar-refractivity contribution in [1.82, 2.24) is 0 Å². The first-order valence-corrected chi connectivity index (χ1v) is 7.85. The zero-order chi connectivity index (χ0) is 15.1. The molecular formula is C15H20BBrO3. The van der Waals surface area contributed by atoms with E-state index in [-0.39, 0.29) is 5.78 Å². The summed E-state index contributed by atoms with van der Waals surface area (Å²) < 4.78 is 12.1. The Morgan fingerprint density at radius 3 is 2.20 bits per heavy atom. The highest BCUT2D eigenvalue weighted by Gasteiger charge is 2.52. The van der Waals surface area contributed by atoms with Crippen LogP contribution in [0.25, 0.3) is 0 Å². The van der Waals surface area contributed by atoms with Gasteiger partial charge in [-0.25, -0.2) is 0 Å². The average Bonchev–Trinajstić information content (AvgIpc) is 2.57. The largest absolute Gasteiger partial charge is 0.495 e. The van der Waals surface area contributed by atoms with E-state index in [9.17, 15) is 4.79 Å². The molecule has 0 bridgehead atoms. The molecule has 1 aliphatic heterocycles. The molecule has 1 aromatic carbocycles. The predicted molar refractivity (Wildman–Crippen MR) is 84.8 cm³/mol. The van der Waals surface area contributed by atoms with Gasteiger partial charge in [-0.3, -0.25) is 4.79 Å². The van der Waals surface area contributed by atoms with Crippen LogP contribution >= 0.6 is 15.9 Å². The van der Waals surface area contributed by atoms with Crippen molar-refractivity contribution >= 4 is 34.3 Å². The number of alkyl halides is 1. The second-order valence-corrected chi connectivity index (χ2v) is 6.76. The van der Waals surface area contributed by atoms with Crippen molar-refractivity contribution in [2.24, 2.45) is 0 Å². The minimum absolute atomic E-state index is 0.0255. The van der Waals surface area contributed by atoms with E-state index in [0.717, 1.165) is 16.4 Å². The van der Waals surface area contributed by atoms with Gasteiger partial charge in [-0.2, -0.15) is 0 Å². The van der Waals surface area contributed by atoms with Crippen LogP contribution in [0.1, 0.15) is 50.5 Å². The molecule has 1 fully saturated rings. The molecule has 1 saturated heterocycles. The van der Waals surface area contributed by atoms with Crippen LogP contribution in [0.5, 0.6) is 0 Å². The van der Waals surface area contributed by atoms with E-state index in [4.69, 9.17) is 9.31 Å². The van der Waals surface area contributed by atoms with Gasteiger partial charge in [-0.05, 0) is 51.7 Å². The molecule has 0 aliphatic carbocycles. The fourth-order valence-electron chi connectivity index (χ4n) is 2.17. The van der Waals surface area contributed by atoms with E-state index in [1.807, 2.05) is 45.9 Å². The van der Waals surface area contributed by atoms with E-state index in [0.29, 0.717) is 5.56 Å². The topological polar surface area (TPSA) is 35.5 Å². The number of carbonyl (C=O) groups excluding carboxylic acids is 1. The summed E-state index contributed by atoms with van der Waals surface area (Å²) in [5.41, 5.74) is 1.73. The van der Waals surface area contributed by atoms with Crippen LogP contribution < -0.4 is 5.46 Å². The maximum atomic E-state index is 11.9. The van der Waals surface area contributed by atoms with Crippen LogP contribution in [0, 0.1) is 0 Å². The highest BCUT2D eigenvalue weighted by atomic mass is 79.9. The summed E-state index contributed by atoms with van der Waals surface area (Å²) in [5, 5.41) is 0.719. The monoisotopic (exact) mass is 338 g/mol. The standard InChI is InChI=1S/C15H20BBrO3/c1-10(18)12-8-11(9-17)6-7-13(12)16-19-14(2,3)15(4,5)20-16/h6-8H,9H2,1-5H3. The lowest BCUT2D eigenvalue weighted by Crippen LogP contribution is -2.41. The van der Waals surface area contributed by atoms with Crippen LogP contribution in [0.4, 0.5) is 0 Å². The number of carbonyl (C=O) groups is 1. The molecule has 0 atom stereocenters. The number of benzene rings is 1. The molecule has 0 spiro atoms. The van der Waals surface area contributed by atoms with Gasteiger partial charge in [0.25, 0.3) is 0 Å². The summed E-state index contributed by atoms with van der Waals surface area (Å²) in [7, 11) is -0.497. The van der Waals surface area contributed by atoms with Gasteiger partial charge >= 0.3 is 7.12 Å². The maximum absolute atomic E-state index is 11.9. The zero-order valence-electron chi connectivity index (χ0n) is 12.6. The zero-order valence-corrected chi connectivity index (χ0v) is 14.2. The van der Waals surface area contributed by atoms with Gasteiger partial charge < -0.3 is 9.31 Å². The third-order valence-electron chi connectivity index (χ3n) is 4.16. The Bertz CT molecular complexity index is 524. The van der Waals surface area contributed by atoms with Crippen molar-refractivity contribution in [1.29, 1.82) is 0 Å². The summed E-state index contributed by atoms with van der Waals surface area (Å²) in [6, 6.07) is 5.81. The Kier molecular flexibility index (Phi) is 4.16. The van der Waals surface area contributed by atoms with E-state index in [1.165, 1.54) is 0 Å². The Labute approximate surface area is 129 Å². The van der Waals surface area contributed by atoms with Crippen molar-refractivity contribution in [3.05, 3.63) is 29.3 Å². The number of hydrogen-bond donors (Lipinski definition) is 0. The third kappa shape index (κ3) is 2.71. The average molecular weight is 339 g/mol. The molecule has 5 heteroatoms. The van der Waals surface area contributed by atoms with E-state index in [2.05, 4.69) is 15.9 Å². The summed E-state index contributed by atoms with van der Waals surface area (Å²) in [4.78, 5) is 11.9. The van der Waals surface area contributed by atoms with Gasteiger partial charge in [-0.1, -0.05) is 28.1 Å². The van der Waals surface area contributed by atoms with Crippen LogP contribution in [0.15, 0.2) is 18.2 Å². The number of ketones is 1. The third-order valence-corrected chi connectivity index (χ3v) is 4.81. The highest BCUT2D eigenvalue weighted by Crippen LogP contribution is 2.36. The molecule has 1 heterocycles. The fraction of sp³-hybridized carbons (Fsp3) is 0.533. The number of halogens is 1. The molecule has 2 rings (SSSR count). The molecule has 0 amide bonds. The number of Topliss-reactive ketones (excluding diaryl/α,β-unsaturated/α-hetero) is 1. The van der Waals surface area contributed by atoms with Crippen LogP contribution in [-0.2, 0) is 14.6 Å². The van der Waals surface area contributed by atoms with E-state index >= 15 is 0 Å². The number of hydrogen-bond acceptors (Lipinski definition) is 3. The van der Waals surface area contributed by atoms with E-state index < -0.39 is 18.3 Å². The summed E-state index contributed by atoms with van der Waals surface area (Å²) in [5.74, 6) is 0.0255. The first kappa shape index (κ1) is 15.7. The lowest BCUT2D eigenvalue weighted by atomic mass is 9.74. The fourth-order valence-corrected chi connectivity index (χ4v) is 2.52. The van der Waals surface area contributed by atoms with Crippen LogP contribution in [-0.4, -0.2) is 24.1 Å². The first-order chi connectivity index (χ1) is 9.18. The Morgan fingerprint density at radius 1 is 1.20 bits per heavy atom. The van der Waals surface area contributed by atoms with Gasteiger partial charge in [0.05, 0.1) is 11.2 Å². The lowest BCUT2D eigenvalue weighted by Gasteiger charge is -2.32. The molecule has 0 saturated carbocycles. The summed E-state index contributed by atoms with van der Waals surface area (Å²) in [6.07, 6.45) is 0. The van der Waals surface area contributed by atoms with Crippen molar-refractivity contribution < 1.29 is 14.1 Å². The molecule has 1 aliphatic rings. The number of rotatable bonds is 3. The van der Waals surface area contributed by atoms with Crippen molar-refractivity contribution in [2.45, 2.75) is 51.2 Å². The van der Waals surface area contributed by atoms with Crippen LogP contribution in [0.2, 0.25) is 0 Å². The van der Waals surface area contributed by atoms with Gasteiger partial charge in [0, 0.05) is 10.9 Å². The second kappa shape index (κ2) is 5.28. The Hall–Kier alpha value is -0.645. The highest BCUT2D eigenvalue weighted by molar-refractivity contribution is 9.08. The van der Waals surface area contributed by atoms with Crippen molar-refractivity contribution in [2.75, 3.05) is 0 Å². The minimum Gasteiger partial charge on any atom is -0.399 e. The predicted octanol–water partition coefficient (Wildman–Crippen LogP) is 3.08. The Morgan fingerprint density at radius 2 is 1.75 bits per heavy atom. The SMILES string of the molecule is CC(=O)c1cc(CBr)ccc1B1OC(C)(C)C(C)(C)O1. The summed E-state index contributed by atoms with van der Waals surface area (Å²) in [6.45, 7) is 9.60. The van der Waals surface area contributed by atoms with Crippen molar-refractivity contribution in [3.63, 3.8) is 0 Å². The van der Waals surface area contributed by atoms with Gasteiger partial charge in [0.2, 0.25) is 0 Å². The molecule has 0 N–H and O–H groups in total. The molecule has 1 aromatic rings. The van der Waals surface area contributed by atoms with E-state index in [1.54, 1.807) is 6.92 Å². The Balaban J connectivity index is 2.42. The van der Waals surface area contributed by atoms with Gasteiger partial charge in [0.15, 0.2) is 5.78 Å². The van der Waals surface area contributed by atoms with Gasteiger partial charge in [0.1, 0.15) is 0 Å². The first-order valence-electron chi connectivity index (χ1n) is 6.73. The molecule has 20 heavy (non-hydrogen) atoms. The molecule has 3 nitrogen and oxygen atoms in total. The second-order valence-electron chi connectivity index (χ2n) is 6.20. The molecule has 0 unspecified atom stereocenters. The smallest absolute Gasteiger partial charge is 0.399 e. The lowest BCUT2D eigenvalue weighted by molar-refractivity contribution is 0.00578. The quantitative estimate of drug-likeness (QED) is 0.482. The normalized spacial score (nSPS) is 20.2. The minimum atomic E-state index is -0.497. The molecule has 0 aromatic heterocycles. The summed E-state index contributed by atoms with van der Waals surface area (Å²) >= 11 is 3.41. The maximum Gasteiger partial charge on any atom is 0.495 e. The molecule has 108 valence electrons. The molecule has 0 radical (unpaired) electrons. The van der Waals surface area contributed by atoms with Gasteiger partial charge in [-0.15, -0.1) is 0 Å².